The van der Waals surface area contributed by atoms with Gasteiger partial charge in [-0.25, -0.2) is 4.98 Å². The van der Waals surface area contributed by atoms with Crippen molar-refractivity contribution in [3.8, 4) is 22.6 Å². The Morgan fingerprint density at radius 1 is 1.19 bits per heavy atom. The Labute approximate surface area is 158 Å². The summed E-state index contributed by atoms with van der Waals surface area (Å²) in [5.74, 6) is 0.718. The molecule has 1 saturated heterocycles. The number of nitrogens with zero attached hydrogens (tertiary/aromatic N) is 4. The van der Waals surface area contributed by atoms with Crippen LogP contribution in [0.4, 0.5) is 5.69 Å². The number of nitrogens with one attached hydrogen (secondary N) is 1. The van der Waals surface area contributed by atoms with Crippen molar-refractivity contribution in [3.63, 3.8) is 0 Å². The first-order chi connectivity index (χ1) is 13.2. The molecule has 0 unspecified atom stereocenters. The highest BCUT2D eigenvalue weighted by atomic mass is 16.5. The molecule has 0 aromatic carbocycles. The Kier molecular flexibility index (Phi) is 5.13. The van der Waals surface area contributed by atoms with Gasteiger partial charge < -0.3 is 19.7 Å². The Bertz CT molecular complexity index is 918. The maximum Gasteiger partial charge on any atom is 0.156 e. The molecule has 3 aromatic rings. The van der Waals surface area contributed by atoms with Crippen LogP contribution in [0.1, 0.15) is 11.4 Å². The average molecular weight is 365 g/mol. The molecule has 0 atom stereocenters. The first-order valence-electron chi connectivity index (χ1n) is 9.15. The summed E-state index contributed by atoms with van der Waals surface area (Å²) >= 11 is 0. The molecule has 2 N–H and O–H groups in total. The second kappa shape index (κ2) is 7.85. The summed E-state index contributed by atoms with van der Waals surface area (Å²) in [7, 11) is 0. The number of H-pyrrole nitrogens is 1. The molecule has 0 amide bonds. The average Bonchev–Trinajstić information content (AvgIpc) is 3.10. The Balaban J connectivity index is 1.63. The number of morpholine rings is 1. The molecule has 1 aliphatic heterocycles. The van der Waals surface area contributed by atoms with Crippen LogP contribution in [0, 0.1) is 6.92 Å². The van der Waals surface area contributed by atoms with Gasteiger partial charge >= 0.3 is 0 Å². The third-order valence-electron chi connectivity index (χ3n) is 4.77. The van der Waals surface area contributed by atoms with Crippen LogP contribution >= 0.6 is 0 Å². The molecule has 0 radical (unpaired) electrons. The summed E-state index contributed by atoms with van der Waals surface area (Å²) in [6, 6.07) is 6.15. The van der Waals surface area contributed by atoms with Crippen molar-refractivity contribution in [2.24, 2.45) is 0 Å². The van der Waals surface area contributed by atoms with Gasteiger partial charge in [0.2, 0.25) is 0 Å². The van der Waals surface area contributed by atoms with Gasteiger partial charge in [-0.1, -0.05) is 0 Å². The van der Waals surface area contributed by atoms with Gasteiger partial charge in [0.1, 0.15) is 5.69 Å². The topological polar surface area (TPSA) is 87.2 Å². The molecular weight excluding hydrogens is 342 g/mol. The van der Waals surface area contributed by atoms with E-state index in [4.69, 9.17) is 9.84 Å². The number of pyridine rings is 2. The lowest BCUT2D eigenvalue weighted by Gasteiger charge is -2.28. The number of imidazole rings is 1. The first kappa shape index (κ1) is 17.6. The molecule has 7 nitrogen and oxygen atoms in total. The lowest BCUT2D eigenvalue weighted by Crippen LogP contribution is -2.36. The quantitative estimate of drug-likeness (QED) is 0.721. The van der Waals surface area contributed by atoms with Crippen LogP contribution in [0.3, 0.4) is 0 Å². The second-order valence-corrected chi connectivity index (χ2v) is 6.59. The smallest absolute Gasteiger partial charge is 0.156 e. The van der Waals surface area contributed by atoms with E-state index in [-0.39, 0.29) is 6.61 Å². The van der Waals surface area contributed by atoms with Crippen LogP contribution in [0.25, 0.3) is 22.6 Å². The third-order valence-corrected chi connectivity index (χ3v) is 4.77. The number of aryl methyl sites for hydroxylation is 1. The second-order valence-electron chi connectivity index (χ2n) is 6.59. The zero-order valence-corrected chi connectivity index (χ0v) is 15.4. The normalized spacial score (nSPS) is 14.5. The van der Waals surface area contributed by atoms with E-state index in [0.29, 0.717) is 6.42 Å². The minimum atomic E-state index is 0.0819. The predicted molar refractivity (Wildman–Crippen MR) is 104 cm³/mol. The molecule has 0 aliphatic carbocycles. The standard InChI is InChI=1S/C20H23N5O2/c1-14-18(3-7-26)24-20(23-14)19-11-15(2-4-22-19)16-10-17(13-21-12-16)25-5-8-27-9-6-25/h2,4,10-13,26H,3,5-9H2,1H3,(H,23,24). The Morgan fingerprint density at radius 2 is 2.04 bits per heavy atom. The molecule has 0 saturated carbocycles. The number of ether oxygens (including phenoxy) is 1. The number of aromatic amines is 1. The van der Waals surface area contributed by atoms with Gasteiger partial charge in [-0.3, -0.25) is 9.97 Å². The SMILES string of the molecule is Cc1[nH]c(-c2cc(-c3cncc(N4CCOCC4)c3)ccn2)nc1CCO. The molecular formula is C20H23N5O2. The summed E-state index contributed by atoms with van der Waals surface area (Å²) < 4.78 is 5.43. The monoisotopic (exact) mass is 365 g/mol. The van der Waals surface area contributed by atoms with Crippen LogP contribution in [-0.4, -0.2) is 58.0 Å². The Morgan fingerprint density at radius 3 is 2.85 bits per heavy atom. The van der Waals surface area contributed by atoms with Crippen molar-refractivity contribution in [1.29, 1.82) is 0 Å². The van der Waals surface area contributed by atoms with E-state index >= 15 is 0 Å². The summed E-state index contributed by atoms with van der Waals surface area (Å²) in [5.41, 5.74) is 5.80. The van der Waals surface area contributed by atoms with Gasteiger partial charge in [-0.05, 0) is 30.7 Å². The number of anilines is 1. The number of hydrogen-bond donors (Lipinski definition) is 2. The lowest BCUT2D eigenvalue weighted by molar-refractivity contribution is 0.122. The molecule has 27 heavy (non-hydrogen) atoms. The van der Waals surface area contributed by atoms with Crippen LogP contribution in [0.2, 0.25) is 0 Å². The van der Waals surface area contributed by atoms with Gasteiger partial charge in [-0.2, -0.15) is 0 Å². The number of aliphatic hydroxyl groups is 1. The molecule has 1 fully saturated rings. The van der Waals surface area contributed by atoms with E-state index in [2.05, 4.69) is 30.9 Å². The highest BCUT2D eigenvalue weighted by Crippen LogP contribution is 2.26. The van der Waals surface area contributed by atoms with Crippen molar-refractivity contribution >= 4 is 5.69 Å². The Hall–Kier alpha value is -2.77. The maximum absolute atomic E-state index is 9.16. The molecule has 3 aromatic heterocycles. The summed E-state index contributed by atoms with van der Waals surface area (Å²) in [5, 5.41) is 9.16. The minimum absolute atomic E-state index is 0.0819. The molecule has 4 heterocycles. The van der Waals surface area contributed by atoms with Crippen molar-refractivity contribution in [2.75, 3.05) is 37.8 Å². The van der Waals surface area contributed by atoms with Crippen LogP contribution in [0.5, 0.6) is 0 Å². The van der Waals surface area contributed by atoms with E-state index in [1.807, 2.05) is 31.5 Å². The predicted octanol–water partition coefficient (Wildman–Crippen LogP) is 2.21. The van der Waals surface area contributed by atoms with Crippen molar-refractivity contribution in [2.45, 2.75) is 13.3 Å². The van der Waals surface area contributed by atoms with E-state index < -0.39 is 0 Å². The number of aromatic nitrogens is 4. The van der Waals surface area contributed by atoms with Crippen molar-refractivity contribution < 1.29 is 9.84 Å². The summed E-state index contributed by atoms with van der Waals surface area (Å²) in [6.45, 7) is 5.30. The van der Waals surface area contributed by atoms with Gasteiger partial charge in [-0.15, -0.1) is 0 Å². The fourth-order valence-electron chi connectivity index (χ4n) is 3.29. The highest BCUT2D eigenvalue weighted by molar-refractivity contribution is 5.70. The van der Waals surface area contributed by atoms with Crippen LogP contribution in [0.15, 0.2) is 36.8 Å². The van der Waals surface area contributed by atoms with Crippen LogP contribution in [-0.2, 0) is 11.2 Å². The van der Waals surface area contributed by atoms with Gasteiger partial charge in [0.05, 0.1) is 30.8 Å². The largest absolute Gasteiger partial charge is 0.396 e. The maximum atomic E-state index is 9.16. The van der Waals surface area contributed by atoms with Crippen LogP contribution < -0.4 is 4.90 Å². The van der Waals surface area contributed by atoms with E-state index in [9.17, 15) is 0 Å². The van der Waals surface area contributed by atoms with E-state index in [0.717, 1.165) is 66.0 Å². The number of rotatable bonds is 5. The third kappa shape index (κ3) is 3.84. The lowest BCUT2D eigenvalue weighted by atomic mass is 10.1. The summed E-state index contributed by atoms with van der Waals surface area (Å²) in [6.07, 6.45) is 6.09. The highest BCUT2D eigenvalue weighted by Gasteiger charge is 2.14. The zero-order chi connectivity index (χ0) is 18.6. The summed E-state index contributed by atoms with van der Waals surface area (Å²) in [4.78, 5) is 19.0. The van der Waals surface area contributed by atoms with Crippen molar-refractivity contribution in [1.82, 2.24) is 19.9 Å². The van der Waals surface area contributed by atoms with E-state index in [1.54, 1.807) is 6.20 Å². The zero-order valence-electron chi connectivity index (χ0n) is 15.4. The molecule has 0 bridgehead atoms. The minimum Gasteiger partial charge on any atom is -0.396 e. The number of hydrogen-bond acceptors (Lipinski definition) is 6. The molecule has 7 heteroatoms. The first-order valence-corrected chi connectivity index (χ1v) is 9.15. The van der Waals surface area contributed by atoms with E-state index in [1.165, 1.54) is 0 Å². The molecule has 140 valence electrons. The van der Waals surface area contributed by atoms with Gasteiger partial charge in [0.25, 0.3) is 0 Å². The molecule has 4 rings (SSSR count). The number of aliphatic hydroxyl groups excluding tert-OH is 1. The van der Waals surface area contributed by atoms with Gasteiger partial charge in [0, 0.05) is 49.8 Å². The fraction of sp³-hybridized carbons (Fsp3) is 0.350. The molecule has 1 aliphatic rings. The fourth-order valence-corrected chi connectivity index (χ4v) is 3.29. The van der Waals surface area contributed by atoms with Gasteiger partial charge in [0.15, 0.2) is 5.82 Å². The molecule has 0 spiro atoms. The van der Waals surface area contributed by atoms with Crippen molar-refractivity contribution in [3.05, 3.63) is 48.2 Å².